The fraction of sp³-hybridized carbons (Fsp3) is 0.588. The predicted molar refractivity (Wildman–Crippen MR) is 88.2 cm³/mol. The summed E-state index contributed by atoms with van der Waals surface area (Å²) in [4.78, 5) is 4.86. The summed E-state index contributed by atoms with van der Waals surface area (Å²) in [5.74, 6) is 2.78. The molecule has 1 N–H and O–H groups in total. The highest BCUT2D eigenvalue weighted by molar-refractivity contribution is 8.14. The molecule has 1 aromatic rings. The standard InChI is InChI=1S/C17H24N2S/c1-12-8-9-15(10-13(12)2)18-17-19-16(11-20-17)14-6-4-3-5-7-14/h3-7,12-13,15-16H,8-11H2,1-2H3,(H,18,19). The minimum Gasteiger partial charge on any atom is -0.362 e. The number of amidine groups is 1. The normalized spacial score (nSPS) is 33.8. The van der Waals surface area contributed by atoms with Crippen molar-refractivity contribution in [2.45, 2.75) is 45.2 Å². The van der Waals surface area contributed by atoms with Gasteiger partial charge in [0.05, 0.1) is 6.04 Å². The number of hydrogen-bond acceptors (Lipinski definition) is 3. The Bertz CT molecular complexity index is 471. The highest BCUT2D eigenvalue weighted by Crippen LogP contribution is 2.32. The van der Waals surface area contributed by atoms with Gasteiger partial charge < -0.3 is 5.32 Å². The topological polar surface area (TPSA) is 24.4 Å². The molecule has 4 unspecified atom stereocenters. The lowest BCUT2D eigenvalue weighted by molar-refractivity contribution is 0.241. The molecule has 0 radical (unpaired) electrons. The van der Waals surface area contributed by atoms with Crippen molar-refractivity contribution in [2.75, 3.05) is 5.75 Å². The number of thioether (sulfide) groups is 1. The second-order valence-corrected chi connectivity index (χ2v) is 7.29. The zero-order valence-corrected chi connectivity index (χ0v) is 13.2. The molecule has 1 fully saturated rings. The molecule has 20 heavy (non-hydrogen) atoms. The van der Waals surface area contributed by atoms with E-state index in [-0.39, 0.29) is 0 Å². The van der Waals surface area contributed by atoms with Gasteiger partial charge >= 0.3 is 0 Å². The first-order valence-corrected chi connectivity index (χ1v) is 8.73. The quantitative estimate of drug-likeness (QED) is 0.880. The Hall–Kier alpha value is -0.960. The molecule has 0 aromatic heterocycles. The van der Waals surface area contributed by atoms with E-state index in [1.807, 2.05) is 11.8 Å². The lowest BCUT2D eigenvalue weighted by Crippen LogP contribution is -2.38. The summed E-state index contributed by atoms with van der Waals surface area (Å²) in [7, 11) is 0. The second kappa shape index (κ2) is 6.21. The van der Waals surface area contributed by atoms with Crippen LogP contribution in [0.4, 0.5) is 0 Å². The summed E-state index contributed by atoms with van der Waals surface area (Å²) >= 11 is 1.88. The predicted octanol–water partition coefficient (Wildman–Crippen LogP) is 4.24. The number of nitrogens with one attached hydrogen (secondary N) is 1. The van der Waals surface area contributed by atoms with E-state index in [9.17, 15) is 0 Å². The Labute approximate surface area is 126 Å². The molecular weight excluding hydrogens is 264 g/mol. The van der Waals surface area contributed by atoms with Gasteiger partial charge in [0.25, 0.3) is 0 Å². The van der Waals surface area contributed by atoms with Crippen LogP contribution in [0.1, 0.15) is 44.7 Å². The van der Waals surface area contributed by atoms with E-state index in [1.165, 1.54) is 24.8 Å². The van der Waals surface area contributed by atoms with Crippen molar-refractivity contribution >= 4 is 16.9 Å². The highest BCUT2D eigenvalue weighted by Gasteiger charge is 2.27. The van der Waals surface area contributed by atoms with Crippen LogP contribution in [-0.4, -0.2) is 17.0 Å². The van der Waals surface area contributed by atoms with Gasteiger partial charge in [-0.2, -0.15) is 0 Å². The van der Waals surface area contributed by atoms with Gasteiger partial charge in [0.15, 0.2) is 5.17 Å². The third-order valence-corrected chi connectivity index (χ3v) is 5.74. The zero-order valence-electron chi connectivity index (χ0n) is 12.4. The fourth-order valence-corrected chi connectivity index (χ4v) is 4.19. The first-order valence-electron chi connectivity index (χ1n) is 7.74. The molecule has 1 aliphatic carbocycles. The van der Waals surface area contributed by atoms with E-state index in [2.05, 4.69) is 49.5 Å². The molecule has 1 aliphatic heterocycles. The summed E-state index contributed by atoms with van der Waals surface area (Å²) in [6.07, 6.45) is 3.93. The van der Waals surface area contributed by atoms with Gasteiger partial charge in [-0.15, -0.1) is 0 Å². The summed E-state index contributed by atoms with van der Waals surface area (Å²) in [5.41, 5.74) is 1.34. The van der Waals surface area contributed by atoms with Gasteiger partial charge in [0, 0.05) is 11.8 Å². The van der Waals surface area contributed by atoms with E-state index in [0.29, 0.717) is 12.1 Å². The van der Waals surface area contributed by atoms with Crippen molar-refractivity contribution in [2.24, 2.45) is 16.8 Å². The zero-order chi connectivity index (χ0) is 13.9. The van der Waals surface area contributed by atoms with Crippen molar-refractivity contribution < 1.29 is 0 Å². The Morgan fingerprint density at radius 3 is 2.65 bits per heavy atom. The van der Waals surface area contributed by atoms with E-state index < -0.39 is 0 Å². The minimum absolute atomic E-state index is 0.337. The maximum atomic E-state index is 4.86. The largest absolute Gasteiger partial charge is 0.362 e. The molecule has 3 rings (SSSR count). The third kappa shape index (κ3) is 3.20. The minimum atomic E-state index is 0.337. The fourth-order valence-electron chi connectivity index (χ4n) is 3.15. The highest BCUT2D eigenvalue weighted by atomic mass is 32.2. The van der Waals surface area contributed by atoms with Crippen molar-refractivity contribution in [3.8, 4) is 0 Å². The molecule has 2 nitrogen and oxygen atoms in total. The molecule has 3 heteroatoms. The van der Waals surface area contributed by atoms with E-state index in [4.69, 9.17) is 4.99 Å². The number of hydrogen-bond donors (Lipinski definition) is 1. The number of aliphatic imine (C=N–C) groups is 1. The monoisotopic (exact) mass is 288 g/mol. The third-order valence-electron chi connectivity index (χ3n) is 4.76. The number of benzene rings is 1. The van der Waals surface area contributed by atoms with Crippen molar-refractivity contribution in [3.63, 3.8) is 0 Å². The Morgan fingerprint density at radius 1 is 1.10 bits per heavy atom. The first-order chi connectivity index (χ1) is 9.72. The molecule has 1 heterocycles. The smallest absolute Gasteiger partial charge is 0.157 e. The summed E-state index contributed by atoms with van der Waals surface area (Å²) in [6, 6.07) is 11.6. The Kier molecular flexibility index (Phi) is 4.35. The van der Waals surface area contributed by atoms with Crippen LogP contribution in [0, 0.1) is 11.8 Å². The molecule has 2 aliphatic rings. The number of nitrogens with zero attached hydrogens (tertiary/aromatic N) is 1. The summed E-state index contributed by atoms with van der Waals surface area (Å²) in [5, 5.41) is 4.84. The summed E-state index contributed by atoms with van der Waals surface area (Å²) in [6.45, 7) is 4.77. The van der Waals surface area contributed by atoms with Crippen molar-refractivity contribution in [1.82, 2.24) is 5.32 Å². The first kappa shape index (κ1) is 14.0. The van der Waals surface area contributed by atoms with Gasteiger partial charge in [-0.3, -0.25) is 4.99 Å². The van der Waals surface area contributed by atoms with E-state index >= 15 is 0 Å². The molecule has 0 bridgehead atoms. The number of rotatable bonds is 2. The molecule has 1 aromatic carbocycles. The van der Waals surface area contributed by atoms with Gasteiger partial charge in [0.2, 0.25) is 0 Å². The summed E-state index contributed by atoms with van der Waals surface area (Å²) < 4.78 is 0. The van der Waals surface area contributed by atoms with Crippen LogP contribution in [-0.2, 0) is 0 Å². The molecule has 108 valence electrons. The van der Waals surface area contributed by atoms with E-state index in [0.717, 1.165) is 22.8 Å². The second-order valence-electron chi connectivity index (χ2n) is 6.28. The Morgan fingerprint density at radius 2 is 1.90 bits per heavy atom. The lowest BCUT2D eigenvalue weighted by Gasteiger charge is -2.32. The average Bonchev–Trinajstić information content (AvgIpc) is 2.92. The van der Waals surface area contributed by atoms with Crippen LogP contribution in [0.25, 0.3) is 0 Å². The van der Waals surface area contributed by atoms with E-state index in [1.54, 1.807) is 0 Å². The van der Waals surface area contributed by atoms with Gasteiger partial charge in [-0.1, -0.05) is 55.9 Å². The van der Waals surface area contributed by atoms with Gasteiger partial charge in [0.1, 0.15) is 0 Å². The lowest BCUT2D eigenvalue weighted by atomic mass is 9.79. The molecule has 1 saturated carbocycles. The molecule has 0 spiro atoms. The molecule has 0 saturated heterocycles. The van der Waals surface area contributed by atoms with Crippen LogP contribution in [0.5, 0.6) is 0 Å². The van der Waals surface area contributed by atoms with Crippen LogP contribution >= 0.6 is 11.8 Å². The SMILES string of the molecule is CC1CCC(NC2=NC(c3ccccc3)CS2)CC1C. The molecule has 0 amide bonds. The van der Waals surface area contributed by atoms with Crippen LogP contribution < -0.4 is 5.32 Å². The average molecular weight is 288 g/mol. The van der Waals surface area contributed by atoms with Gasteiger partial charge in [-0.05, 0) is 36.7 Å². The Balaban J connectivity index is 1.59. The van der Waals surface area contributed by atoms with Crippen LogP contribution in [0.15, 0.2) is 35.3 Å². The van der Waals surface area contributed by atoms with Gasteiger partial charge in [-0.25, -0.2) is 0 Å². The molecule has 4 atom stereocenters. The van der Waals surface area contributed by atoms with Crippen LogP contribution in [0.3, 0.4) is 0 Å². The molecular formula is C17H24N2S. The van der Waals surface area contributed by atoms with Crippen molar-refractivity contribution in [1.29, 1.82) is 0 Å². The van der Waals surface area contributed by atoms with Crippen LogP contribution in [0.2, 0.25) is 0 Å². The maximum absolute atomic E-state index is 4.86. The van der Waals surface area contributed by atoms with Crippen molar-refractivity contribution in [3.05, 3.63) is 35.9 Å². The maximum Gasteiger partial charge on any atom is 0.157 e.